The Balaban J connectivity index is 1.98. The van der Waals surface area contributed by atoms with Gasteiger partial charge < -0.3 is 5.11 Å². The van der Waals surface area contributed by atoms with Crippen LogP contribution in [-0.4, -0.2) is 11.2 Å². The summed E-state index contributed by atoms with van der Waals surface area (Å²) >= 11 is 0. The van der Waals surface area contributed by atoms with Crippen LogP contribution in [0.3, 0.4) is 0 Å². The second-order valence-corrected chi connectivity index (χ2v) is 5.07. The van der Waals surface area contributed by atoms with Crippen LogP contribution in [0.5, 0.6) is 0 Å². The molecule has 0 spiro atoms. The van der Waals surface area contributed by atoms with Crippen LogP contribution in [0.15, 0.2) is 11.6 Å². The molecule has 0 amide bonds. The first-order valence-electron chi connectivity index (χ1n) is 5.50. The summed E-state index contributed by atoms with van der Waals surface area (Å²) in [4.78, 5) is 0. The van der Waals surface area contributed by atoms with Gasteiger partial charge in [0.05, 0.1) is 6.10 Å². The Labute approximate surface area is 80.8 Å². The van der Waals surface area contributed by atoms with Crippen molar-refractivity contribution in [3.63, 3.8) is 0 Å². The van der Waals surface area contributed by atoms with E-state index in [0.717, 1.165) is 11.8 Å². The highest BCUT2D eigenvalue weighted by molar-refractivity contribution is 5.04. The van der Waals surface area contributed by atoms with E-state index in [9.17, 15) is 5.11 Å². The topological polar surface area (TPSA) is 20.2 Å². The zero-order valence-electron chi connectivity index (χ0n) is 8.66. The molecule has 2 rings (SSSR count). The Morgan fingerprint density at radius 2 is 2.08 bits per heavy atom. The highest BCUT2D eigenvalue weighted by atomic mass is 16.3. The van der Waals surface area contributed by atoms with Crippen LogP contribution in [-0.2, 0) is 0 Å². The molecule has 0 aliphatic heterocycles. The summed E-state index contributed by atoms with van der Waals surface area (Å²) < 4.78 is 0. The molecule has 4 unspecified atom stereocenters. The zero-order valence-corrected chi connectivity index (χ0v) is 8.66. The number of rotatable bonds is 2. The maximum atomic E-state index is 9.97. The molecule has 0 aromatic heterocycles. The van der Waals surface area contributed by atoms with Gasteiger partial charge in [0.25, 0.3) is 0 Å². The number of fused-ring (bicyclic) bond motifs is 2. The monoisotopic (exact) mass is 180 g/mol. The number of allylic oxidation sites excluding steroid dienone is 1. The molecule has 2 saturated carbocycles. The quantitative estimate of drug-likeness (QED) is 0.648. The highest BCUT2D eigenvalue weighted by Crippen LogP contribution is 2.49. The lowest BCUT2D eigenvalue weighted by Gasteiger charge is -2.25. The number of aliphatic hydroxyl groups is 1. The highest BCUT2D eigenvalue weighted by Gasteiger charge is 2.41. The lowest BCUT2D eigenvalue weighted by atomic mass is 9.84. The van der Waals surface area contributed by atoms with Crippen LogP contribution in [0.4, 0.5) is 0 Å². The molecule has 0 radical (unpaired) electrons. The first kappa shape index (κ1) is 9.26. The minimum absolute atomic E-state index is 0.166. The molecule has 74 valence electrons. The number of hydrogen-bond acceptors (Lipinski definition) is 1. The molecule has 0 heterocycles. The number of aliphatic hydroxyl groups excluding tert-OH is 1. The molecule has 2 bridgehead atoms. The lowest BCUT2D eigenvalue weighted by molar-refractivity contribution is 0.113. The van der Waals surface area contributed by atoms with Gasteiger partial charge in [-0.15, -0.1) is 0 Å². The Morgan fingerprint density at radius 1 is 1.31 bits per heavy atom. The lowest BCUT2D eigenvalue weighted by Crippen LogP contribution is -2.23. The van der Waals surface area contributed by atoms with E-state index in [1.807, 2.05) is 6.08 Å². The summed E-state index contributed by atoms with van der Waals surface area (Å²) in [5.41, 5.74) is 1.25. The van der Waals surface area contributed by atoms with Gasteiger partial charge in [0.2, 0.25) is 0 Å². The van der Waals surface area contributed by atoms with E-state index in [1.54, 1.807) is 0 Å². The van der Waals surface area contributed by atoms with E-state index >= 15 is 0 Å². The second kappa shape index (κ2) is 3.45. The maximum absolute atomic E-state index is 9.97. The fourth-order valence-electron chi connectivity index (χ4n) is 3.18. The summed E-state index contributed by atoms with van der Waals surface area (Å²) in [5, 5.41) is 9.97. The van der Waals surface area contributed by atoms with E-state index in [4.69, 9.17) is 0 Å². The van der Waals surface area contributed by atoms with E-state index in [-0.39, 0.29) is 6.10 Å². The summed E-state index contributed by atoms with van der Waals surface area (Å²) in [6.07, 6.45) is 7.31. The minimum Gasteiger partial charge on any atom is -0.389 e. The molecule has 1 nitrogen and oxygen atoms in total. The Hall–Kier alpha value is -0.300. The van der Waals surface area contributed by atoms with E-state index in [2.05, 4.69) is 13.8 Å². The molecule has 0 aromatic carbocycles. The average Bonchev–Trinajstić information content (AvgIpc) is 2.62. The van der Waals surface area contributed by atoms with Crippen LogP contribution in [0.2, 0.25) is 0 Å². The van der Waals surface area contributed by atoms with Gasteiger partial charge in [-0.1, -0.05) is 18.1 Å². The van der Waals surface area contributed by atoms with Crippen molar-refractivity contribution >= 4 is 0 Å². The third kappa shape index (κ3) is 1.80. The first-order valence-corrected chi connectivity index (χ1v) is 5.50. The van der Waals surface area contributed by atoms with Gasteiger partial charge in [0, 0.05) is 0 Å². The molecule has 4 atom stereocenters. The Kier molecular flexibility index (Phi) is 2.46. The van der Waals surface area contributed by atoms with Crippen LogP contribution in [0.25, 0.3) is 0 Å². The summed E-state index contributed by atoms with van der Waals surface area (Å²) in [7, 11) is 0. The fourth-order valence-corrected chi connectivity index (χ4v) is 3.18. The third-order valence-corrected chi connectivity index (χ3v) is 3.74. The maximum Gasteiger partial charge on any atom is 0.0754 e. The van der Waals surface area contributed by atoms with Crippen molar-refractivity contribution in [1.29, 1.82) is 0 Å². The van der Waals surface area contributed by atoms with Crippen molar-refractivity contribution in [3.8, 4) is 0 Å². The van der Waals surface area contributed by atoms with Gasteiger partial charge in [-0.25, -0.2) is 0 Å². The summed E-state index contributed by atoms with van der Waals surface area (Å²) in [6, 6.07) is 0. The third-order valence-electron chi connectivity index (χ3n) is 3.74. The van der Waals surface area contributed by atoms with E-state index in [0.29, 0.717) is 5.92 Å². The molecule has 2 aliphatic carbocycles. The van der Waals surface area contributed by atoms with Crippen LogP contribution < -0.4 is 0 Å². The smallest absolute Gasteiger partial charge is 0.0754 e. The van der Waals surface area contributed by atoms with Crippen molar-refractivity contribution < 1.29 is 5.11 Å². The largest absolute Gasteiger partial charge is 0.389 e. The van der Waals surface area contributed by atoms with Crippen LogP contribution in [0, 0.1) is 17.8 Å². The molecule has 13 heavy (non-hydrogen) atoms. The molecule has 1 N–H and O–H groups in total. The molecular weight excluding hydrogens is 160 g/mol. The van der Waals surface area contributed by atoms with Crippen LogP contribution >= 0.6 is 0 Å². The minimum atomic E-state index is -0.166. The van der Waals surface area contributed by atoms with Gasteiger partial charge in [0.1, 0.15) is 0 Å². The molecule has 2 fully saturated rings. The standard InChI is InChI=1S/C12H20O/c1-8(2)5-12(13)11-7-9-3-4-10(11)6-9/h5,9-13H,3-4,6-7H2,1-2H3. The van der Waals surface area contributed by atoms with E-state index in [1.165, 1.54) is 31.3 Å². The van der Waals surface area contributed by atoms with Crippen molar-refractivity contribution in [3.05, 3.63) is 11.6 Å². The summed E-state index contributed by atoms with van der Waals surface area (Å²) in [5.74, 6) is 2.35. The van der Waals surface area contributed by atoms with Gasteiger partial charge in [0.15, 0.2) is 0 Å². The van der Waals surface area contributed by atoms with Crippen molar-refractivity contribution in [2.24, 2.45) is 17.8 Å². The van der Waals surface area contributed by atoms with Crippen molar-refractivity contribution in [2.75, 3.05) is 0 Å². The van der Waals surface area contributed by atoms with Gasteiger partial charge in [-0.2, -0.15) is 0 Å². The molecule has 2 aliphatic rings. The van der Waals surface area contributed by atoms with Gasteiger partial charge in [-0.05, 0) is 50.9 Å². The predicted molar refractivity (Wildman–Crippen MR) is 54.4 cm³/mol. The van der Waals surface area contributed by atoms with E-state index < -0.39 is 0 Å². The fraction of sp³-hybridized carbons (Fsp3) is 0.833. The Morgan fingerprint density at radius 3 is 2.54 bits per heavy atom. The SMILES string of the molecule is CC(C)=CC(O)C1CC2CCC1C2. The Bertz CT molecular complexity index is 215. The normalized spacial score (nSPS) is 39.2. The molecule has 1 heteroatoms. The van der Waals surface area contributed by atoms with Gasteiger partial charge >= 0.3 is 0 Å². The first-order chi connectivity index (χ1) is 6.16. The average molecular weight is 180 g/mol. The van der Waals surface area contributed by atoms with Crippen LogP contribution in [0.1, 0.15) is 39.5 Å². The summed E-state index contributed by atoms with van der Waals surface area (Å²) in [6.45, 7) is 4.13. The molecule has 0 aromatic rings. The predicted octanol–water partition coefficient (Wildman–Crippen LogP) is 2.75. The molecule has 0 saturated heterocycles. The number of hydrogen-bond donors (Lipinski definition) is 1. The second-order valence-electron chi connectivity index (χ2n) is 5.07. The molecular formula is C12H20O. The van der Waals surface area contributed by atoms with Gasteiger partial charge in [-0.3, -0.25) is 0 Å². The van der Waals surface area contributed by atoms with Crippen molar-refractivity contribution in [2.45, 2.75) is 45.6 Å². The van der Waals surface area contributed by atoms with Crippen molar-refractivity contribution in [1.82, 2.24) is 0 Å². The zero-order chi connectivity index (χ0) is 9.42.